The van der Waals surface area contributed by atoms with Gasteiger partial charge in [0.25, 0.3) is 0 Å². The molecule has 1 aliphatic carbocycles. The van der Waals surface area contributed by atoms with Crippen LogP contribution < -0.4 is 0 Å². The van der Waals surface area contributed by atoms with Crippen molar-refractivity contribution in [2.75, 3.05) is 0 Å². The van der Waals surface area contributed by atoms with Gasteiger partial charge in [-0.2, -0.15) is 0 Å². The van der Waals surface area contributed by atoms with Crippen LogP contribution in [0.1, 0.15) is 30.4 Å². The summed E-state index contributed by atoms with van der Waals surface area (Å²) in [5.41, 5.74) is 3.79. The number of terminal acetylenes is 1. The molecule has 0 aromatic heterocycles. The van der Waals surface area contributed by atoms with Crippen molar-refractivity contribution in [2.45, 2.75) is 19.3 Å². The third-order valence-electron chi connectivity index (χ3n) is 2.44. The molecule has 0 heteroatoms. The number of benzene rings is 1. The van der Waals surface area contributed by atoms with Crippen LogP contribution in [0.25, 0.3) is 6.08 Å². The van der Waals surface area contributed by atoms with Crippen LogP contribution in [0, 0.1) is 12.3 Å². The lowest BCUT2D eigenvalue weighted by Crippen LogP contribution is -1.95. The summed E-state index contributed by atoms with van der Waals surface area (Å²) in [6.45, 7) is 0. The van der Waals surface area contributed by atoms with E-state index in [9.17, 15) is 0 Å². The third-order valence-corrected chi connectivity index (χ3v) is 2.44. The van der Waals surface area contributed by atoms with Crippen molar-refractivity contribution >= 4 is 6.08 Å². The number of hydrogen-bond donors (Lipinski definition) is 0. The van der Waals surface area contributed by atoms with Crippen molar-refractivity contribution in [3.8, 4) is 12.3 Å². The number of hydrogen-bond acceptors (Lipinski definition) is 0. The van der Waals surface area contributed by atoms with Crippen LogP contribution in [-0.4, -0.2) is 0 Å². The minimum atomic E-state index is 0.954. The van der Waals surface area contributed by atoms with Crippen LogP contribution in [0.5, 0.6) is 0 Å². The Balaban J connectivity index is 2.19. The smallest absolute Gasteiger partial charge is 0.0243 e. The number of allylic oxidation sites excluding steroid dienone is 1. The normalized spacial score (nSPS) is 14.5. The van der Waals surface area contributed by atoms with Crippen molar-refractivity contribution in [3.05, 3.63) is 41.0 Å². The second-order valence-corrected chi connectivity index (χ2v) is 3.42. The average Bonchev–Trinajstić information content (AvgIpc) is 2.12. The Kier molecular flexibility index (Phi) is 2.19. The van der Waals surface area contributed by atoms with E-state index >= 15 is 0 Å². The lowest BCUT2D eigenvalue weighted by Gasteiger charge is -2.15. The van der Waals surface area contributed by atoms with Gasteiger partial charge in [-0.15, -0.1) is 6.42 Å². The molecular formula is C13H12. The van der Waals surface area contributed by atoms with Crippen LogP contribution in [0.15, 0.2) is 29.8 Å². The van der Waals surface area contributed by atoms with Crippen LogP contribution in [0.4, 0.5) is 0 Å². The highest BCUT2D eigenvalue weighted by molar-refractivity contribution is 5.55. The predicted octanol–water partition coefficient (Wildman–Crippen LogP) is 3.24. The molecule has 0 bridgehead atoms. The molecule has 0 spiro atoms. The van der Waals surface area contributed by atoms with Gasteiger partial charge in [0, 0.05) is 5.56 Å². The molecule has 0 N–H and O–H groups in total. The minimum absolute atomic E-state index is 0.954. The van der Waals surface area contributed by atoms with Gasteiger partial charge in [0.15, 0.2) is 0 Å². The lowest BCUT2D eigenvalue weighted by molar-refractivity contribution is 0.670. The summed E-state index contributed by atoms with van der Waals surface area (Å²) in [7, 11) is 0. The predicted molar refractivity (Wildman–Crippen MR) is 56.2 cm³/mol. The molecule has 1 fully saturated rings. The monoisotopic (exact) mass is 168 g/mol. The Morgan fingerprint density at radius 2 is 1.85 bits per heavy atom. The van der Waals surface area contributed by atoms with Crippen LogP contribution in [-0.2, 0) is 0 Å². The first kappa shape index (κ1) is 8.13. The lowest BCUT2D eigenvalue weighted by atomic mass is 9.91. The van der Waals surface area contributed by atoms with E-state index in [0.29, 0.717) is 0 Å². The average molecular weight is 168 g/mol. The molecular weight excluding hydrogens is 156 g/mol. The summed E-state index contributed by atoms with van der Waals surface area (Å²) >= 11 is 0. The molecule has 0 aliphatic heterocycles. The Bertz CT molecular complexity index is 354. The first-order valence-corrected chi connectivity index (χ1v) is 4.64. The van der Waals surface area contributed by atoms with Crippen molar-refractivity contribution in [2.24, 2.45) is 0 Å². The molecule has 0 heterocycles. The first-order valence-electron chi connectivity index (χ1n) is 4.64. The van der Waals surface area contributed by atoms with Gasteiger partial charge < -0.3 is 0 Å². The maximum Gasteiger partial charge on any atom is 0.0243 e. The van der Waals surface area contributed by atoms with Crippen molar-refractivity contribution in [1.29, 1.82) is 0 Å². The second kappa shape index (κ2) is 3.49. The van der Waals surface area contributed by atoms with E-state index in [1.807, 2.05) is 12.1 Å². The minimum Gasteiger partial charge on any atom is -0.115 e. The van der Waals surface area contributed by atoms with Gasteiger partial charge in [0.05, 0.1) is 0 Å². The fourth-order valence-electron chi connectivity index (χ4n) is 1.44. The summed E-state index contributed by atoms with van der Waals surface area (Å²) < 4.78 is 0. The molecule has 64 valence electrons. The second-order valence-electron chi connectivity index (χ2n) is 3.42. The van der Waals surface area contributed by atoms with Gasteiger partial charge in [-0.1, -0.05) is 29.7 Å². The summed E-state index contributed by atoms with van der Waals surface area (Å²) in [6.07, 6.45) is 11.4. The number of rotatable bonds is 1. The molecule has 1 aromatic carbocycles. The van der Waals surface area contributed by atoms with E-state index in [-0.39, 0.29) is 0 Å². The maximum absolute atomic E-state index is 5.27. The SMILES string of the molecule is C#Cc1ccc(C=C2CCC2)cc1. The van der Waals surface area contributed by atoms with Gasteiger partial charge in [-0.05, 0) is 37.0 Å². The van der Waals surface area contributed by atoms with Crippen LogP contribution >= 0.6 is 0 Å². The molecule has 1 saturated carbocycles. The molecule has 1 aliphatic rings. The first-order chi connectivity index (χ1) is 6.38. The summed E-state index contributed by atoms with van der Waals surface area (Å²) in [4.78, 5) is 0. The van der Waals surface area contributed by atoms with Gasteiger partial charge in [0.2, 0.25) is 0 Å². The molecule has 1 aromatic rings. The third kappa shape index (κ3) is 1.81. The van der Waals surface area contributed by atoms with E-state index in [2.05, 4.69) is 24.1 Å². The molecule has 0 saturated heterocycles. The molecule has 0 unspecified atom stereocenters. The fraction of sp³-hybridized carbons (Fsp3) is 0.231. The van der Waals surface area contributed by atoms with E-state index < -0.39 is 0 Å². The molecule has 0 amide bonds. The molecule has 13 heavy (non-hydrogen) atoms. The Morgan fingerprint density at radius 1 is 1.15 bits per heavy atom. The molecule has 0 atom stereocenters. The largest absolute Gasteiger partial charge is 0.115 e. The zero-order valence-electron chi connectivity index (χ0n) is 7.59. The van der Waals surface area contributed by atoms with Gasteiger partial charge in [-0.3, -0.25) is 0 Å². The zero-order chi connectivity index (χ0) is 9.10. The molecule has 0 nitrogen and oxygen atoms in total. The quantitative estimate of drug-likeness (QED) is 0.565. The van der Waals surface area contributed by atoms with Crippen LogP contribution in [0.2, 0.25) is 0 Å². The molecule has 0 radical (unpaired) electrons. The Hall–Kier alpha value is -1.48. The van der Waals surface area contributed by atoms with E-state index in [0.717, 1.165) is 5.56 Å². The van der Waals surface area contributed by atoms with Crippen molar-refractivity contribution in [1.82, 2.24) is 0 Å². The topological polar surface area (TPSA) is 0 Å². The highest BCUT2D eigenvalue weighted by Crippen LogP contribution is 2.27. The van der Waals surface area contributed by atoms with Crippen LogP contribution in [0.3, 0.4) is 0 Å². The van der Waals surface area contributed by atoms with Gasteiger partial charge >= 0.3 is 0 Å². The Morgan fingerprint density at radius 3 is 2.31 bits per heavy atom. The van der Waals surface area contributed by atoms with E-state index in [1.165, 1.54) is 24.8 Å². The highest BCUT2D eigenvalue weighted by Gasteiger charge is 2.07. The summed E-state index contributed by atoms with van der Waals surface area (Å²) in [5.74, 6) is 2.61. The fourth-order valence-corrected chi connectivity index (χ4v) is 1.44. The van der Waals surface area contributed by atoms with Gasteiger partial charge in [-0.25, -0.2) is 0 Å². The van der Waals surface area contributed by atoms with Crippen molar-refractivity contribution < 1.29 is 0 Å². The standard InChI is InChI=1S/C13H12/c1-2-11-6-8-13(9-7-11)10-12-4-3-5-12/h1,6-10H,3-5H2. The Labute approximate surface area is 79.3 Å². The zero-order valence-corrected chi connectivity index (χ0v) is 7.59. The summed E-state index contributed by atoms with van der Waals surface area (Å²) in [6, 6.07) is 8.15. The van der Waals surface area contributed by atoms with Gasteiger partial charge in [0.1, 0.15) is 0 Å². The van der Waals surface area contributed by atoms with E-state index in [4.69, 9.17) is 6.42 Å². The highest BCUT2D eigenvalue weighted by atomic mass is 14.1. The maximum atomic E-state index is 5.27. The molecule has 2 rings (SSSR count). The van der Waals surface area contributed by atoms with Crippen molar-refractivity contribution in [3.63, 3.8) is 0 Å². The summed E-state index contributed by atoms with van der Waals surface area (Å²) in [5, 5.41) is 0. The van der Waals surface area contributed by atoms with E-state index in [1.54, 1.807) is 5.57 Å².